The van der Waals surface area contributed by atoms with Gasteiger partial charge in [0, 0.05) is 34.5 Å². The van der Waals surface area contributed by atoms with E-state index in [9.17, 15) is 9.90 Å². The first-order valence-electron chi connectivity index (χ1n) is 11.3. The standard InChI is InChI=1S/C27H22ClN3O2S/c1-14-11-21-26(24(19(14)13-23(32)33)15-5-8-18(28)9-6-15)34-27(29-21)17-7-10-22-20(12-17)25(16-3-4-16)30-31(22)2/h5-12,16H,3-4,13H2,1-2H3,(H,32,33). The smallest absolute Gasteiger partial charge is 0.307 e. The Morgan fingerprint density at radius 3 is 2.59 bits per heavy atom. The van der Waals surface area contributed by atoms with Crippen LogP contribution < -0.4 is 0 Å². The van der Waals surface area contributed by atoms with E-state index in [-0.39, 0.29) is 6.42 Å². The van der Waals surface area contributed by atoms with Gasteiger partial charge in [-0.3, -0.25) is 9.48 Å². The molecule has 1 aliphatic rings. The number of carboxylic acid groups (broad SMARTS) is 1. The second-order valence-corrected chi connectivity index (χ2v) is 10.4. The molecule has 1 N–H and O–H groups in total. The number of aliphatic carboxylic acids is 1. The Labute approximate surface area is 205 Å². The van der Waals surface area contributed by atoms with Gasteiger partial charge in [0.05, 0.1) is 27.8 Å². The van der Waals surface area contributed by atoms with Crippen LogP contribution in [0, 0.1) is 6.92 Å². The minimum absolute atomic E-state index is 0.0423. The van der Waals surface area contributed by atoms with Gasteiger partial charge in [0.15, 0.2) is 0 Å². The first-order valence-corrected chi connectivity index (χ1v) is 12.5. The lowest BCUT2D eigenvalue weighted by Crippen LogP contribution is -2.04. The molecule has 0 aliphatic heterocycles. The fraction of sp³-hybridized carbons (Fsp3) is 0.222. The van der Waals surface area contributed by atoms with Gasteiger partial charge in [-0.05, 0) is 72.9 Å². The van der Waals surface area contributed by atoms with Crippen LogP contribution in [-0.4, -0.2) is 25.8 Å². The van der Waals surface area contributed by atoms with Crippen molar-refractivity contribution in [2.75, 3.05) is 0 Å². The predicted octanol–water partition coefficient (Wildman–Crippen LogP) is 6.98. The van der Waals surface area contributed by atoms with Gasteiger partial charge in [0.25, 0.3) is 0 Å². The van der Waals surface area contributed by atoms with E-state index in [4.69, 9.17) is 21.7 Å². The second-order valence-electron chi connectivity index (χ2n) is 9.01. The number of hydrogen-bond acceptors (Lipinski definition) is 4. The van der Waals surface area contributed by atoms with Crippen LogP contribution in [0.2, 0.25) is 5.02 Å². The summed E-state index contributed by atoms with van der Waals surface area (Å²) in [5.74, 6) is -0.288. The number of halogens is 1. The highest BCUT2D eigenvalue weighted by Crippen LogP contribution is 2.44. The number of carbonyl (C=O) groups is 1. The lowest BCUT2D eigenvalue weighted by atomic mass is 9.93. The Balaban J connectivity index is 1.57. The molecule has 2 heterocycles. The van der Waals surface area contributed by atoms with Gasteiger partial charge >= 0.3 is 5.97 Å². The Morgan fingerprint density at radius 1 is 1.15 bits per heavy atom. The maximum Gasteiger partial charge on any atom is 0.307 e. The maximum absolute atomic E-state index is 11.7. The molecule has 0 radical (unpaired) electrons. The maximum atomic E-state index is 11.7. The molecule has 7 heteroatoms. The van der Waals surface area contributed by atoms with Gasteiger partial charge in [-0.1, -0.05) is 23.7 Å². The molecule has 5 aromatic rings. The van der Waals surface area contributed by atoms with Crippen LogP contribution in [0.25, 0.3) is 42.8 Å². The lowest BCUT2D eigenvalue weighted by Gasteiger charge is -2.13. The average Bonchev–Trinajstić information content (AvgIpc) is 3.49. The molecule has 3 aromatic carbocycles. The summed E-state index contributed by atoms with van der Waals surface area (Å²) in [4.78, 5) is 16.7. The fourth-order valence-corrected chi connectivity index (χ4v) is 6.00. The van der Waals surface area contributed by atoms with E-state index in [1.807, 2.05) is 49.0 Å². The highest BCUT2D eigenvalue weighted by molar-refractivity contribution is 7.22. The van der Waals surface area contributed by atoms with Crippen molar-refractivity contribution in [1.29, 1.82) is 0 Å². The third kappa shape index (κ3) is 3.58. The number of thiazole rings is 1. The van der Waals surface area contributed by atoms with Crippen LogP contribution in [-0.2, 0) is 18.3 Å². The van der Waals surface area contributed by atoms with Crippen LogP contribution in [0.1, 0.15) is 35.6 Å². The van der Waals surface area contributed by atoms with Gasteiger partial charge < -0.3 is 5.11 Å². The lowest BCUT2D eigenvalue weighted by molar-refractivity contribution is -0.136. The van der Waals surface area contributed by atoms with Gasteiger partial charge in [-0.2, -0.15) is 5.10 Å². The number of rotatable bonds is 5. The van der Waals surface area contributed by atoms with Crippen LogP contribution in [0.15, 0.2) is 48.5 Å². The second kappa shape index (κ2) is 7.93. The number of nitrogens with zero attached hydrogens (tertiary/aromatic N) is 3. The molecule has 2 aromatic heterocycles. The average molecular weight is 488 g/mol. The zero-order chi connectivity index (χ0) is 23.6. The molecule has 34 heavy (non-hydrogen) atoms. The van der Waals surface area contributed by atoms with E-state index >= 15 is 0 Å². The van der Waals surface area contributed by atoms with Crippen molar-refractivity contribution in [3.8, 4) is 21.7 Å². The number of hydrogen-bond donors (Lipinski definition) is 1. The topological polar surface area (TPSA) is 68.0 Å². The summed E-state index contributed by atoms with van der Waals surface area (Å²) in [6.07, 6.45) is 2.36. The molecule has 0 saturated heterocycles. The highest BCUT2D eigenvalue weighted by Gasteiger charge is 2.29. The molecule has 0 atom stereocenters. The summed E-state index contributed by atoms with van der Waals surface area (Å²) < 4.78 is 2.96. The SMILES string of the molecule is Cc1cc2nc(-c3ccc4c(c3)c(C3CC3)nn4C)sc2c(-c2ccc(Cl)cc2)c1CC(=O)O. The molecule has 1 saturated carbocycles. The summed E-state index contributed by atoms with van der Waals surface area (Å²) >= 11 is 7.74. The first-order chi connectivity index (χ1) is 16.4. The van der Waals surface area contributed by atoms with Crippen molar-refractivity contribution in [3.05, 3.63) is 70.4 Å². The van der Waals surface area contributed by atoms with Crippen LogP contribution in [0.4, 0.5) is 0 Å². The minimum Gasteiger partial charge on any atom is -0.481 e. The van der Waals surface area contributed by atoms with Crippen LogP contribution in [0.5, 0.6) is 0 Å². The number of benzene rings is 3. The Morgan fingerprint density at radius 2 is 1.88 bits per heavy atom. The van der Waals surface area contributed by atoms with Crippen molar-refractivity contribution in [2.24, 2.45) is 7.05 Å². The van der Waals surface area contributed by atoms with Crippen molar-refractivity contribution in [2.45, 2.75) is 32.1 Å². The van der Waals surface area contributed by atoms with Crippen molar-refractivity contribution >= 4 is 50.0 Å². The molecule has 5 nitrogen and oxygen atoms in total. The summed E-state index contributed by atoms with van der Waals surface area (Å²) in [6, 6.07) is 16.0. The van der Waals surface area contributed by atoms with E-state index in [1.54, 1.807) is 11.3 Å². The summed E-state index contributed by atoms with van der Waals surface area (Å²) in [5, 5.41) is 17.1. The third-order valence-electron chi connectivity index (χ3n) is 6.56. The van der Waals surface area contributed by atoms with E-state index in [0.717, 1.165) is 48.6 Å². The molecule has 6 rings (SSSR count). The van der Waals surface area contributed by atoms with Gasteiger partial charge in [-0.15, -0.1) is 11.3 Å². The third-order valence-corrected chi connectivity index (χ3v) is 7.95. The molecule has 170 valence electrons. The van der Waals surface area contributed by atoms with E-state index in [1.165, 1.54) is 23.9 Å². The molecule has 1 fully saturated rings. The zero-order valence-corrected chi connectivity index (χ0v) is 20.4. The minimum atomic E-state index is -0.850. The Kier molecular flexibility index (Phi) is 4.97. The van der Waals surface area contributed by atoms with Crippen LogP contribution in [0.3, 0.4) is 0 Å². The summed E-state index contributed by atoms with van der Waals surface area (Å²) in [5.41, 5.74) is 7.87. The number of fused-ring (bicyclic) bond motifs is 2. The van der Waals surface area contributed by atoms with Gasteiger partial charge in [0.1, 0.15) is 5.01 Å². The quantitative estimate of drug-likeness (QED) is 0.290. The number of carboxylic acids is 1. The number of aromatic nitrogens is 3. The normalized spacial score (nSPS) is 13.7. The zero-order valence-electron chi connectivity index (χ0n) is 18.8. The van der Waals surface area contributed by atoms with E-state index in [2.05, 4.69) is 18.2 Å². The molecular weight excluding hydrogens is 466 g/mol. The Hall–Kier alpha value is -3.22. The van der Waals surface area contributed by atoms with Crippen molar-refractivity contribution in [3.63, 3.8) is 0 Å². The van der Waals surface area contributed by atoms with Crippen molar-refractivity contribution in [1.82, 2.24) is 14.8 Å². The molecule has 0 amide bonds. The fourth-order valence-electron chi connectivity index (χ4n) is 4.74. The van der Waals surface area contributed by atoms with Gasteiger partial charge in [0.2, 0.25) is 0 Å². The van der Waals surface area contributed by atoms with E-state index in [0.29, 0.717) is 10.9 Å². The molecule has 0 bridgehead atoms. The number of aryl methyl sites for hydroxylation is 2. The highest BCUT2D eigenvalue weighted by atomic mass is 35.5. The Bertz CT molecular complexity index is 1600. The van der Waals surface area contributed by atoms with Crippen LogP contribution >= 0.6 is 22.9 Å². The predicted molar refractivity (Wildman–Crippen MR) is 138 cm³/mol. The monoisotopic (exact) mass is 487 g/mol. The molecule has 1 aliphatic carbocycles. The molecular formula is C27H22ClN3O2S. The molecule has 0 spiro atoms. The van der Waals surface area contributed by atoms with Gasteiger partial charge in [-0.25, -0.2) is 4.98 Å². The summed E-state index contributed by atoms with van der Waals surface area (Å²) in [7, 11) is 2.00. The van der Waals surface area contributed by atoms with E-state index < -0.39 is 5.97 Å². The summed E-state index contributed by atoms with van der Waals surface area (Å²) in [6.45, 7) is 1.96. The largest absolute Gasteiger partial charge is 0.481 e. The molecule has 0 unspecified atom stereocenters. The van der Waals surface area contributed by atoms with Crippen molar-refractivity contribution < 1.29 is 9.90 Å². The first kappa shape index (κ1) is 21.3.